The molecule has 2 aromatic rings. The average molecular weight is 508 g/mol. The summed E-state index contributed by atoms with van der Waals surface area (Å²) in [5.41, 5.74) is 1.38. The molecule has 3 heterocycles. The summed E-state index contributed by atoms with van der Waals surface area (Å²) in [5, 5.41) is 9.84. The van der Waals surface area contributed by atoms with Gasteiger partial charge in [-0.2, -0.15) is 0 Å². The predicted octanol–water partition coefficient (Wildman–Crippen LogP) is 2.81. The monoisotopic (exact) mass is 507 g/mol. The van der Waals surface area contributed by atoms with Crippen LogP contribution in [0.2, 0.25) is 0 Å². The van der Waals surface area contributed by atoms with Crippen molar-refractivity contribution in [1.82, 2.24) is 14.8 Å². The molecule has 1 aromatic heterocycles. The van der Waals surface area contributed by atoms with E-state index >= 15 is 0 Å². The van der Waals surface area contributed by atoms with Crippen molar-refractivity contribution >= 4 is 11.8 Å². The van der Waals surface area contributed by atoms with Gasteiger partial charge in [0.15, 0.2) is 11.5 Å². The van der Waals surface area contributed by atoms with Crippen molar-refractivity contribution in [3.63, 3.8) is 0 Å². The average Bonchev–Trinajstić information content (AvgIpc) is 3.36. The highest BCUT2D eigenvalue weighted by molar-refractivity contribution is 5.97. The zero-order valence-corrected chi connectivity index (χ0v) is 21.9. The molecule has 0 fully saturated rings. The lowest BCUT2D eigenvalue weighted by atomic mass is 9.99. The largest absolute Gasteiger partial charge is 0.472 e. The summed E-state index contributed by atoms with van der Waals surface area (Å²) in [6.07, 6.45) is 1.13. The third kappa shape index (κ3) is 5.81. The molecule has 0 unspecified atom stereocenters. The maximum atomic E-state index is 13.5. The van der Waals surface area contributed by atoms with Crippen molar-refractivity contribution in [1.29, 1.82) is 0 Å². The lowest BCUT2D eigenvalue weighted by molar-refractivity contribution is 0.0313. The van der Waals surface area contributed by atoms with E-state index in [1.165, 1.54) is 0 Å². The van der Waals surface area contributed by atoms with Gasteiger partial charge in [0.25, 0.3) is 11.8 Å². The summed E-state index contributed by atoms with van der Waals surface area (Å²) < 4.78 is 17.0. The highest BCUT2D eigenvalue weighted by Crippen LogP contribution is 2.33. The lowest BCUT2D eigenvalue weighted by Gasteiger charge is -2.37. The second-order valence-electron chi connectivity index (χ2n) is 9.88. The van der Waals surface area contributed by atoms with Crippen molar-refractivity contribution < 1.29 is 28.9 Å². The molecule has 4 rings (SSSR count). The van der Waals surface area contributed by atoms with Crippen LogP contribution >= 0.6 is 0 Å². The standard InChI is InChI=1S/C28H33N3O6/c1-17(2)6-7-20-10-22-26(29-12-20)37-25(18(3)13-31(28(22)34)19(4)15-32)14-30(5)27(33)21-8-9-23-24(11-21)36-16-35-23/h8-12,17-19,25,32H,13-16H2,1-5H3/t18-,19-,25-/m0/s1. The molecule has 9 nitrogen and oxygen atoms in total. The number of hydrogen-bond acceptors (Lipinski definition) is 7. The van der Waals surface area contributed by atoms with E-state index < -0.39 is 12.1 Å². The fourth-order valence-corrected chi connectivity index (χ4v) is 4.22. The SMILES string of the molecule is CC(C)C#Cc1cnc2c(c1)C(=O)N([C@@H](C)CO)C[C@H](C)[C@H](CN(C)C(=O)c1ccc3c(c1)OCO3)O2. The van der Waals surface area contributed by atoms with Crippen molar-refractivity contribution in [3.05, 3.63) is 47.2 Å². The van der Waals surface area contributed by atoms with Gasteiger partial charge in [0, 0.05) is 42.8 Å². The zero-order chi connectivity index (χ0) is 26.7. The number of benzene rings is 1. The number of aliphatic hydroxyl groups is 1. The van der Waals surface area contributed by atoms with Crippen LogP contribution in [0.4, 0.5) is 0 Å². The molecule has 2 aliphatic rings. The van der Waals surface area contributed by atoms with Crippen LogP contribution in [0.15, 0.2) is 30.5 Å². The molecule has 37 heavy (non-hydrogen) atoms. The number of hydrogen-bond donors (Lipinski definition) is 1. The van der Waals surface area contributed by atoms with Gasteiger partial charge < -0.3 is 29.1 Å². The van der Waals surface area contributed by atoms with Crippen molar-refractivity contribution in [3.8, 4) is 29.2 Å². The van der Waals surface area contributed by atoms with E-state index in [0.717, 1.165) is 0 Å². The summed E-state index contributed by atoms with van der Waals surface area (Å²) in [6, 6.07) is 6.38. The first-order chi connectivity index (χ1) is 17.7. The minimum absolute atomic E-state index is 0.134. The van der Waals surface area contributed by atoms with Crippen LogP contribution in [0, 0.1) is 23.7 Å². The number of pyridine rings is 1. The van der Waals surface area contributed by atoms with Gasteiger partial charge in [-0.15, -0.1) is 0 Å². The second-order valence-corrected chi connectivity index (χ2v) is 9.88. The fourth-order valence-electron chi connectivity index (χ4n) is 4.22. The number of ether oxygens (including phenoxy) is 3. The van der Waals surface area contributed by atoms with E-state index in [4.69, 9.17) is 14.2 Å². The van der Waals surface area contributed by atoms with E-state index in [9.17, 15) is 14.7 Å². The number of carbonyl (C=O) groups is 2. The molecule has 0 saturated heterocycles. The van der Waals surface area contributed by atoms with Crippen LogP contribution in [0.5, 0.6) is 17.4 Å². The summed E-state index contributed by atoms with van der Waals surface area (Å²) in [6.45, 7) is 8.30. The van der Waals surface area contributed by atoms with E-state index in [2.05, 4.69) is 16.8 Å². The minimum atomic E-state index is -0.455. The van der Waals surface area contributed by atoms with E-state index in [1.54, 1.807) is 54.2 Å². The van der Waals surface area contributed by atoms with Gasteiger partial charge in [0.05, 0.1) is 19.2 Å². The Hall–Kier alpha value is -3.77. The Morgan fingerprint density at radius 3 is 2.73 bits per heavy atom. The Bertz CT molecular complexity index is 1230. The van der Waals surface area contributed by atoms with Gasteiger partial charge in [-0.1, -0.05) is 32.6 Å². The highest BCUT2D eigenvalue weighted by Gasteiger charge is 2.35. The van der Waals surface area contributed by atoms with E-state index in [-0.39, 0.29) is 55.0 Å². The molecule has 0 radical (unpaired) electrons. The molecule has 3 atom stereocenters. The van der Waals surface area contributed by atoms with Crippen LogP contribution in [0.3, 0.4) is 0 Å². The maximum absolute atomic E-state index is 13.5. The van der Waals surface area contributed by atoms with Crippen LogP contribution < -0.4 is 14.2 Å². The molecule has 9 heteroatoms. The molecule has 0 aliphatic carbocycles. The zero-order valence-electron chi connectivity index (χ0n) is 21.9. The van der Waals surface area contributed by atoms with Crippen LogP contribution in [-0.4, -0.2) is 77.4 Å². The molecular formula is C28H33N3O6. The van der Waals surface area contributed by atoms with E-state index in [0.29, 0.717) is 29.2 Å². The Morgan fingerprint density at radius 1 is 1.24 bits per heavy atom. The molecular weight excluding hydrogens is 474 g/mol. The van der Waals surface area contributed by atoms with Gasteiger partial charge >= 0.3 is 0 Å². The van der Waals surface area contributed by atoms with Gasteiger partial charge in [-0.05, 0) is 31.2 Å². The number of nitrogens with zero attached hydrogens (tertiary/aromatic N) is 3. The van der Waals surface area contributed by atoms with Gasteiger partial charge in [-0.25, -0.2) is 4.98 Å². The van der Waals surface area contributed by atoms with Crippen molar-refractivity contribution in [2.24, 2.45) is 11.8 Å². The number of likely N-dealkylation sites (N-methyl/N-ethyl adjacent to an activating group) is 1. The fraction of sp³-hybridized carbons (Fsp3) is 0.464. The smallest absolute Gasteiger partial charge is 0.259 e. The second kappa shape index (κ2) is 11.1. The Morgan fingerprint density at radius 2 is 2.00 bits per heavy atom. The number of carbonyl (C=O) groups excluding carboxylic acids is 2. The van der Waals surface area contributed by atoms with Crippen molar-refractivity contribution in [2.75, 3.05) is 33.5 Å². The van der Waals surface area contributed by atoms with E-state index in [1.807, 2.05) is 20.8 Å². The summed E-state index contributed by atoms with van der Waals surface area (Å²) in [7, 11) is 1.71. The molecule has 2 amide bonds. The molecule has 1 aromatic carbocycles. The minimum Gasteiger partial charge on any atom is -0.472 e. The Labute approximate surface area is 217 Å². The summed E-state index contributed by atoms with van der Waals surface area (Å²) in [5.74, 6) is 7.03. The first-order valence-corrected chi connectivity index (χ1v) is 12.4. The van der Waals surface area contributed by atoms with Crippen LogP contribution in [0.25, 0.3) is 0 Å². The van der Waals surface area contributed by atoms with Gasteiger partial charge in [0.1, 0.15) is 11.7 Å². The Balaban J connectivity index is 1.62. The third-order valence-electron chi connectivity index (χ3n) is 6.45. The Kier molecular flexibility index (Phi) is 7.89. The highest BCUT2D eigenvalue weighted by atomic mass is 16.7. The normalized spacial score (nSPS) is 19.2. The summed E-state index contributed by atoms with van der Waals surface area (Å²) >= 11 is 0. The number of aromatic nitrogens is 1. The van der Waals surface area contributed by atoms with Crippen LogP contribution in [-0.2, 0) is 0 Å². The number of amides is 2. The number of aliphatic hydroxyl groups excluding tert-OH is 1. The number of rotatable bonds is 5. The maximum Gasteiger partial charge on any atom is 0.259 e. The van der Waals surface area contributed by atoms with Crippen LogP contribution in [0.1, 0.15) is 54.0 Å². The summed E-state index contributed by atoms with van der Waals surface area (Å²) in [4.78, 5) is 34.4. The first kappa shape index (κ1) is 26.3. The molecule has 0 bridgehead atoms. The molecule has 1 N–H and O–H groups in total. The predicted molar refractivity (Wildman–Crippen MR) is 137 cm³/mol. The van der Waals surface area contributed by atoms with Gasteiger partial charge in [-0.3, -0.25) is 9.59 Å². The van der Waals surface area contributed by atoms with Crippen molar-refractivity contribution in [2.45, 2.75) is 39.8 Å². The molecule has 196 valence electrons. The molecule has 2 aliphatic heterocycles. The molecule has 0 saturated carbocycles. The first-order valence-electron chi connectivity index (χ1n) is 12.4. The lowest BCUT2D eigenvalue weighted by Crippen LogP contribution is -2.50. The molecule has 0 spiro atoms. The van der Waals surface area contributed by atoms with Gasteiger partial charge in [0.2, 0.25) is 12.7 Å². The topological polar surface area (TPSA) is 101 Å². The third-order valence-corrected chi connectivity index (χ3v) is 6.45. The quantitative estimate of drug-likeness (QED) is 0.621. The number of fused-ring (bicyclic) bond motifs is 2.